The highest BCUT2D eigenvalue weighted by atomic mass is 16.5. The number of para-hydroxylation sites is 2. The number of carboxylic acids is 4. The van der Waals surface area contributed by atoms with E-state index in [-0.39, 0.29) is 0 Å². The van der Waals surface area contributed by atoms with Gasteiger partial charge < -0.3 is 39.9 Å². The van der Waals surface area contributed by atoms with Gasteiger partial charge in [-0.1, -0.05) is 12.1 Å². The molecule has 0 amide bonds. The smallest absolute Gasteiger partial charge is 0.328 e. The van der Waals surface area contributed by atoms with Gasteiger partial charge in [0.1, 0.15) is 0 Å². The first-order valence-corrected chi connectivity index (χ1v) is 11.4. The van der Waals surface area contributed by atoms with E-state index in [0.717, 1.165) is 63.8 Å². The Kier molecular flexibility index (Phi) is 14.4. The lowest BCUT2D eigenvalue weighted by Gasteiger charge is -2.22. The molecule has 0 unspecified atom stereocenters. The van der Waals surface area contributed by atoms with Crippen LogP contribution in [0.25, 0.3) is 11.0 Å². The van der Waals surface area contributed by atoms with Gasteiger partial charge in [-0.3, -0.25) is 0 Å². The lowest BCUT2D eigenvalue weighted by atomic mass is 10.3. The van der Waals surface area contributed by atoms with Crippen molar-refractivity contribution in [2.45, 2.75) is 19.9 Å². The molecule has 0 radical (unpaired) electrons. The van der Waals surface area contributed by atoms with Crippen molar-refractivity contribution in [3.05, 3.63) is 48.6 Å². The molecule has 2 aromatic rings. The largest absolute Gasteiger partial charge is 0.478 e. The van der Waals surface area contributed by atoms with Gasteiger partial charge in [0.2, 0.25) is 5.95 Å². The summed E-state index contributed by atoms with van der Waals surface area (Å²) >= 11 is 0. The fraction of sp³-hybridized carbons (Fsp3) is 0.375. The van der Waals surface area contributed by atoms with Gasteiger partial charge in [0.15, 0.2) is 0 Å². The zero-order valence-electron chi connectivity index (χ0n) is 20.4. The average molecular weight is 521 g/mol. The third-order valence-corrected chi connectivity index (χ3v) is 4.66. The van der Waals surface area contributed by atoms with Gasteiger partial charge in [0.25, 0.3) is 0 Å². The Morgan fingerprint density at radius 3 is 2.03 bits per heavy atom. The Morgan fingerprint density at radius 1 is 0.919 bits per heavy atom. The number of benzene rings is 1. The second-order valence-electron chi connectivity index (χ2n) is 7.36. The molecule has 1 aromatic carbocycles. The molecule has 0 atom stereocenters. The van der Waals surface area contributed by atoms with Gasteiger partial charge in [0, 0.05) is 57.1 Å². The van der Waals surface area contributed by atoms with Crippen LogP contribution in [0.5, 0.6) is 0 Å². The van der Waals surface area contributed by atoms with E-state index in [0.29, 0.717) is 24.3 Å². The first-order valence-electron chi connectivity index (χ1n) is 11.4. The fourth-order valence-corrected chi connectivity index (χ4v) is 3.16. The summed E-state index contributed by atoms with van der Waals surface area (Å²) in [6, 6.07) is 8.37. The van der Waals surface area contributed by atoms with Crippen LogP contribution in [0, 0.1) is 0 Å². The molecule has 5 N–H and O–H groups in total. The van der Waals surface area contributed by atoms with E-state index in [9.17, 15) is 19.2 Å². The molecule has 0 saturated carbocycles. The highest BCUT2D eigenvalue weighted by molar-refractivity contribution is 5.90. The molecule has 1 fully saturated rings. The Hall–Kier alpha value is -4.23. The van der Waals surface area contributed by atoms with E-state index < -0.39 is 23.9 Å². The molecule has 1 saturated heterocycles. The second kappa shape index (κ2) is 17.2. The van der Waals surface area contributed by atoms with Gasteiger partial charge in [0.05, 0.1) is 17.6 Å². The fourth-order valence-electron chi connectivity index (χ4n) is 3.16. The van der Waals surface area contributed by atoms with Crippen LogP contribution in [0.2, 0.25) is 0 Å². The molecule has 0 bridgehead atoms. The van der Waals surface area contributed by atoms with E-state index in [4.69, 9.17) is 30.1 Å². The van der Waals surface area contributed by atoms with E-state index in [2.05, 4.69) is 39.0 Å². The van der Waals surface area contributed by atoms with E-state index in [1.807, 2.05) is 6.92 Å². The summed E-state index contributed by atoms with van der Waals surface area (Å²) in [5.74, 6) is -3.95. The van der Waals surface area contributed by atoms with Crippen molar-refractivity contribution < 1.29 is 44.3 Å². The number of hydrogen-bond acceptors (Lipinski definition) is 8. The number of imidazole rings is 1. The molecule has 0 aliphatic carbocycles. The number of nitrogens with one attached hydrogen (secondary N) is 1. The molecular formula is C24H32N4O9. The lowest BCUT2D eigenvalue weighted by Crippen LogP contribution is -2.30. The van der Waals surface area contributed by atoms with Crippen molar-refractivity contribution in [2.24, 2.45) is 0 Å². The van der Waals surface area contributed by atoms with Crippen LogP contribution in [-0.2, 0) is 30.5 Å². The quantitative estimate of drug-likeness (QED) is 0.235. The minimum Gasteiger partial charge on any atom is -0.478 e. The molecule has 3 rings (SSSR count). The maximum atomic E-state index is 9.55. The van der Waals surface area contributed by atoms with Gasteiger partial charge >= 0.3 is 23.9 Å². The Balaban J connectivity index is 0.000000355. The molecular weight excluding hydrogens is 488 g/mol. The maximum absolute atomic E-state index is 9.55. The zero-order chi connectivity index (χ0) is 27.6. The second-order valence-corrected chi connectivity index (χ2v) is 7.36. The van der Waals surface area contributed by atoms with E-state index in [1.165, 1.54) is 5.52 Å². The minimum absolute atomic E-state index is 0.558. The van der Waals surface area contributed by atoms with Gasteiger partial charge in [-0.25, -0.2) is 24.2 Å². The standard InChI is InChI=1S/C16H24N4O.2C4H4O4/c1-2-21-13-12-20-15-7-4-3-6-14(15)18-16(20)19-10-5-8-17-9-11-19;2*5-3(6)1-2-4(7)8/h3-4,6-7,17H,2,5,8-13H2,1H3;2*1-2H,(H,5,6)(H,7,8)/b;2*2-1+. The van der Waals surface area contributed by atoms with Gasteiger partial charge in [-0.05, 0) is 32.0 Å². The number of rotatable bonds is 9. The average Bonchev–Trinajstić information content (AvgIpc) is 3.01. The Bertz CT molecular complexity index is 1020. The maximum Gasteiger partial charge on any atom is 0.328 e. The topological polar surface area (TPSA) is 192 Å². The zero-order valence-corrected chi connectivity index (χ0v) is 20.4. The number of aliphatic carboxylic acids is 4. The van der Waals surface area contributed by atoms with E-state index >= 15 is 0 Å². The summed E-state index contributed by atoms with van der Waals surface area (Å²) in [6.45, 7) is 8.57. The summed E-state index contributed by atoms with van der Waals surface area (Å²) in [5, 5.41) is 34.7. The van der Waals surface area contributed by atoms with Crippen molar-refractivity contribution in [1.82, 2.24) is 14.9 Å². The van der Waals surface area contributed by atoms with Crippen LogP contribution in [-0.4, -0.2) is 93.2 Å². The molecule has 1 aromatic heterocycles. The Morgan fingerprint density at radius 2 is 1.49 bits per heavy atom. The van der Waals surface area contributed by atoms with Crippen LogP contribution in [0.3, 0.4) is 0 Å². The number of carbonyl (C=O) groups is 4. The monoisotopic (exact) mass is 520 g/mol. The van der Waals surface area contributed by atoms with Crippen LogP contribution in [0.1, 0.15) is 13.3 Å². The van der Waals surface area contributed by atoms with Crippen molar-refractivity contribution >= 4 is 40.9 Å². The summed E-state index contributed by atoms with van der Waals surface area (Å²) in [6.07, 6.45) is 3.39. The lowest BCUT2D eigenvalue weighted by molar-refractivity contribution is -0.134. The number of ether oxygens (including phenoxy) is 1. The predicted octanol–water partition coefficient (Wildman–Crippen LogP) is 1.30. The van der Waals surface area contributed by atoms with Crippen molar-refractivity contribution in [3.8, 4) is 0 Å². The minimum atomic E-state index is -1.26. The molecule has 1 aliphatic rings. The predicted molar refractivity (Wildman–Crippen MR) is 135 cm³/mol. The van der Waals surface area contributed by atoms with Crippen LogP contribution in [0.15, 0.2) is 48.6 Å². The van der Waals surface area contributed by atoms with Crippen molar-refractivity contribution in [3.63, 3.8) is 0 Å². The van der Waals surface area contributed by atoms with Gasteiger partial charge in [-0.2, -0.15) is 0 Å². The number of carboxylic acid groups (broad SMARTS) is 4. The number of aromatic nitrogens is 2. The van der Waals surface area contributed by atoms with Crippen molar-refractivity contribution in [2.75, 3.05) is 44.3 Å². The van der Waals surface area contributed by atoms with Crippen LogP contribution >= 0.6 is 0 Å². The molecule has 202 valence electrons. The first-order chi connectivity index (χ1) is 17.6. The highest BCUT2D eigenvalue weighted by Gasteiger charge is 2.17. The SMILES string of the molecule is CCOCCn1c(N2CCCNCC2)nc2ccccc21.O=C(O)/C=C/C(=O)O.O=C(O)/C=C/C(=O)O. The Labute approximate surface area is 213 Å². The molecule has 1 aliphatic heterocycles. The number of nitrogens with zero attached hydrogens (tertiary/aromatic N) is 3. The third kappa shape index (κ3) is 12.9. The molecule has 2 heterocycles. The third-order valence-electron chi connectivity index (χ3n) is 4.66. The van der Waals surface area contributed by atoms with Gasteiger partial charge in [-0.15, -0.1) is 0 Å². The van der Waals surface area contributed by atoms with E-state index in [1.54, 1.807) is 0 Å². The summed E-state index contributed by atoms with van der Waals surface area (Å²) < 4.78 is 7.85. The van der Waals surface area contributed by atoms with Crippen LogP contribution < -0.4 is 10.2 Å². The summed E-state index contributed by atoms with van der Waals surface area (Å²) in [4.78, 5) is 45.5. The number of anilines is 1. The summed E-state index contributed by atoms with van der Waals surface area (Å²) in [7, 11) is 0. The van der Waals surface area contributed by atoms with Crippen molar-refractivity contribution in [1.29, 1.82) is 0 Å². The molecule has 0 spiro atoms. The molecule has 13 heteroatoms. The van der Waals surface area contributed by atoms with Crippen LogP contribution in [0.4, 0.5) is 5.95 Å². The molecule has 13 nitrogen and oxygen atoms in total. The number of fused-ring (bicyclic) bond motifs is 1. The molecule has 37 heavy (non-hydrogen) atoms. The summed E-state index contributed by atoms with van der Waals surface area (Å²) in [5.41, 5.74) is 2.27. The first kappa shape index (κ1) is 30.8. The normalized spacial score (nSPS) is 13.4. The highest BCUT2D eigenvalue weighted by Crippen LogP contribution is 2.23. The number of hydrogen-bond donors (Lipinski definition) is 5.